The van der Waals surface area contributed by atoms with Gasteiger partial charge in [-0.3, -0.25) is 0 Å². The standard InChI is InChI=1S/C13H22N2S/c1-9(2)10(7-14)6-11-8-16-12(15-11)13(3,4)5/h6,8-9H,7,14H2,1-5H3. The zero-order valence-corrected chi connectivity index (χ0v) is 11.7. The lowest BCUT2D eigenvalue weighted by molar-refractivity contribution is 0.585. The van der Waals surface area contributed by atoms with Crippen molar-refractivity contribution in [2.75, 3.05) is 6.54 Å². The molecule has 0 aromatic carbocycles. The lowest BCUT2D eigenvalue weighted by atomic mass is 9.98. The highest BCUT2D eigenvalue weighted by atomic mass is 32.1. The fourth-order valence-corrected chi connectivity index (χ4v) is 2.21. The molecule has 0 aliphatic rings. The molecule has 0 atom stereocenters. The van der Waals surface area contributed by atoms with Crippen LogP contribution in [-0.4, -0.2) is 11.5 Å². The molecule has 2 nitrogen and oxygen atoms in total. The molecule has 1 aromatic rings. The Kier molecular flexibility index (Phi) is 4.28. The molecule has 1 aromatic heterocycles. The van der Waals surface area contributed by atoms with Crippen molar-refractivity contribution >= 4 is 17.4 Å². The van der Waals surface area contributed by atoms with E-state index in [4.69, 9.17) is 5.73 Å². The summed E-state index contributed by atoms with van der Waals surface area (Å²) < 4.78 is 0. The van der Waals surface area contributed by atoms with E-state index in [-0.39, 0.29) is 5.41 Å². The van der Waals surface area contributed by atoms with Crippen LogP contribution in [0.4, 0.5) is 0 Å². The normalized spacial score (nSPS) is 13.6. The van der Waals surface area contributed by atoms with E-state index in [2.05, 4.69) is 51.1 Å². The van der Waals surface area contributed by atoms with Crippen LogP contribution in [0.5, 0.6) is 0 Å². The average Bonchev–Trinajstić information content (AvgIpc) is 2.61. The summed E-state index contributed by atoms with van der Waals surface area (Å²) in [6.07, 6.45) is 2.12. The van der Waals surface area contributed by atoms with E-state index in [0.29, 0.717) is 12.5 Å². The molecule has 0 saturated carbocycles. The maximum atomic E-state index is 5.72. The molecule has 0 aliphatic carbocycles. The number of thiazole rings is 1. The molecule has 0 unspecified atom stereocenters. The van der Waals surface area contributed by atoms with Crippen molar-refractivity contribution in [2.45, 2.75) is 40.0 Å². The van der Waals surface area contributed by atoms with Gasteiger partial charge in [0.15, 0.2) is 0 Å². The molecule has 3 heteroatoms. The molecule has 0 bridgehead atoms. The van der Waals surface area contributed by atoms with Crippen molar-refractivity contribution in [3.63, 3.8) is 0 Å². The average molecular weight is 238 g/mol. The SMILES string of the molecule is CC(C)C(=Cc1csc(C(C)(C)C)n1)CN. The van der Waals surface area contributed by atoms with Gasteiger partial charge in [0.05, 0.1) is 10.7 Å². The molecule has 90 valence electrons. The van der Waals surface area contributed by atoms with E-state index >= 15 is 0 Å². The quantitative estimate of drug-likeness (QED) is 0.876. The van der Waals surface area contributed by atoms with Gasteiger partial charge in [0.2, 0.25) is 0 Å². The van der Waals surface area contributed by atoms with Crippen LogP contribution in [0.15, 0.2) is 11.0 Å². The summed E-state index contributed by atoms with van der Waals surface area (Å²) in [4.78, 5) is 4.64. The van der Waals surface area contributed by atoms with Gasteiger partial charge in [0.1, 0.15) is 0 Å². The van der Waals surface area contributed by atoms with Crippen LogP contribution in [0.3, 0.4) is 0 Å². The van der Waals surface area contributed by atoms with E-state index in [0.717, 1.165) is 5.69 Å². The van der Waals surface area contributed by atoms with E-state index < -0.39 is 0 Å². The summed E-state index contributed by atoms with van der Waals surface area (Å²) in [6, 6.07) is 0. The Morgan fingerprint density at radius 1 is 1.50 bits per heavy atom. The Balaban J connectivity index is 2.95. The van der Waals surface area contributed by atoms with Gasteiger partial charge in [-0.2, -0.15) is 0 Å². The maximum absolute atomic E-state index is 5.72. The Morgan fingerprint density at radius 3 is 2.50 bits per heavy atom. The fourth-order valence-electron chi connectivity index (χ4n) is 1.35. The van der Waals surface area contributed by atoms with Crippen LogP contribution in [0.1, 0.15) is 45.3 Å². The molecule has 2 N–H and O–H groups in total. The van der Waals surface area contributed by atoms with Gasteiger partial charge < -0.3 is 5.73 Å². The molecule has 0 aliphatic heterocycles. The number of rotatable bonds is 3. The second kappa shape index (κ2) is 5.11. The van der Waals surface area contributed by atoms with Crippen molar-refractivity contribution in [3.05, 3.63) is 21.7 Å². The van der Waals surface area contributed by atoms with Crippen LogP contribution in [0.25, 0.3) is 6.08 Å². The molecule has 0 fully saturated rings. The first-order chi connectivity index (χ1) is 7.34. The maximum Gasteiger partial charge on any atom is 0.0985 e. The summed E-state index contributed by atoms with van der Waals surface area (Å²) in [5, 5.41) is 3.29. The van der Waals surface area contributed by atoms with Crippen molar-refractivity contribution in [1.29, 1.82) is 0 Å². The van der Waals surface area contributed by atoms with Crippen molar-refractivity contribution in [2.24, 2.45) is 11.7 Å². The number of aromatic nitrogens is 1. The molecule has 0 saturated heterocycles. The summed E-state index contributed by atoms with van der Waals surface area (Å²) in [6.45, 7) is 11.5. The minimum Gasteiger partial charge on any atom is -0.327 e. The Labute approximate surface area is 103 Å². The molecule has 0 spiro atoms. The topological polar surface area (TPSA) is 38.9 Å². The minimum atomic E-state index is 0.136. The predicted octanol–water partition coefficient (Wildman–Crippen LogP) is 3.44. The van der Waals surface area contributed by atoms with Gasteiger partial charge in [-0.1, -0.05) is 40.2 Å². The Bertz CT molecular complexity index is 370. The third-order valence-electron chi connectivity index (χ3n) is 2.47. The number of hydrogen-bond acceptors (Lipinski definition) is 3. The largest absolute Gasteiger partial charge is 0.327 e. The molecule has 1 rings (SSSR count). The zero-order chi connectivity index (χ0) is 12.3. The van der Waals surface area contributed by atoms with Gasteiger partial charge in [-0.05, 0) is 12.0 Å². The molecule has 0 radical (unpaired) electrons. The van der Waals surface area contributed by atoms with Crippen LogP contribution in [0.2, 0.25) is 0 Å². The lowest BCUT2D eigenvalue weighted by Gasteiger charge is -2.13. The number of hydrogen-bond donors (Lipinski definition) is 1. The lowest BCUT2D eigenvalue weighted by Crippen LogP contribution is -2.10. The van der Waals surface area contributed by atoms with Crippen molar-refractivity contribution in [1.82, 2.24) is 4.98 Å². The van der Waals surface area contributed by atoms with Gasteiger partial charge in [-0.15, -0.1) is 11.3 Å². The molecule has 1 heterocycles. The molecular formula is C13H22N2S. The monoisotopic (exact) mass is 238 g/mol. The highest BCUT2D eigenvalue weighted by Gasteiger charge is 2.17. The smallest absolute Gasteiger partial charge is 0.0985 e. The predicted molar refractivity (Wildman–Crippen MR) is 72.7 cm³/mol. The van der Waals surface area contributed by atoms with E-state index in [1.165, 1.54) is 10.6 Å². The van der Waals surface area contributed by atoms with Gasteiger partial charge in [0.25, 0.3) is 0 Å². The fraction of sp³-hybridized carbons (Fsp3) is 0.615. The number of nitrogens with zero attached hydrogens (tertiary/aromatic N) is 1. The van der Waals surface area contributed by atoms with E-state index in [1.54, 1.807) is 11.3 Å². The molecule has 0 amide bonds. The van der Waals surface area contributed by atoms with Crippen molar-refractivity contribution < 1.29 is 0 Å². The van der Waals surface area contributed by atoms with Gasteiger partial charge >= 0.3 is 0 Å². The third kappa shape index (κ3) is 3.42. The second-order valence-corrected chi connectivity index (χ2v) is 6.26. The van der Waals surface area contributed by atoms with Gasteiger partial charge in [0, 0.05) is 17.3 Å². The summed E-state index contributed by atoms with van der Waals surface area (Å²) in [5.41, 5.74) is 8.16. The summed E-state index contributed by atoms with van der Waals surface area (Å²) >= 11 is 1.72. The van der Waals surface area contributed by atoms with Crippen LogP contribution < -0.4 is 5.73 Å². The van der Waals surface area contributed by atoms with Gasteiger partial charge in [-0.25, -0.2) is 4.98 Å². The zero-order valence-electron chi connectivity index (χ0n) is 10.9. The first-order valence-electron chi connectivity index (χ1n) is 5.71. The molecular weight excluding hydrogens is 216 g/mol. The molecule has 16 heavy (non-hydrogen) atoms. The Morgan fingerprint density at radius 2 is 2.12 bits per heavy atom. The van der Waals surface area contributed by atoms with Crippen LogP contribution in [0, 0.1) is 5.92 Å². The highest BCUT2D eigenvalue weighted by molar-refractivity contribution is 7.09. The highest BCUT2D eigenvalue weighted by Crippen LogP contribution is 2.26. The number of nitrogens with two attached hydrogens (primary N) is 1. The van der Waals surface area contributed by atoms with E-state index in [9.17, 15) is 0 Å². The summed E-state index contributed by atoms with van der Waals surface area (Å²) in [5.74, 6) is 0.491. The summed E-state index contributed by atoms with van der Waals surface area (Å²) in [7, 11) is 0. The Hall–Kier alpha value is -0.670. The van der Waals surface area contributed by atoms with Crippen LogP contribution in [-0.2, 0) is 5.41 Å². The second-order valence-electron chi connectivity index (χ2n) is 5.41. The third-order valence-corrected chi connectivity index (χ3v) is 3.76. The van der Waals surface area contributed by atoms with Crippen LogP contribution >= 0.6 is 11.3 Å². The van der Waals surface area contributed by atoms with Crippen molar-refractivity contribution in [3.8, 4) is 0 Å². The first-order valence-corrected chi connectivity index (χ1v) is 6.59. The van der Waals surface area contributed by atoms with E-state index in [1.807, 2.05) is 0 Å². The first kappa shape index (κ1) is 13.4. The minimum absolute atomic E-state index is 0.136.